The van der Waals surface area contributed by atoms with Crippen molar-refractivity contribution in [2.45, 2.75) is 0 Å². The molecule has 2 aromatic rings. The molecular weight excluding hydrogens is 251 g/mol. The molecule has 0 aliphatic heterocycles. The second kappa shape index (κ2) is 2.81. The molecular formula is C8H8IN2-. The molecule has 0 atom stereocenters. The molecule has 0 N–H and O–H groups in total. The van der Waals surface area contributed by atoms with Crippen LogP contribution in [0.5, 0.6) is 0 Å². The summed E-state index contributed by atoms with van der Waals surface area (Å²) < 4.78 is 3.35. The van der Waals surface area contributed by atoms with Gasteiger partial charge in [0.15, 0.2) is 0 Å². The van der Waals surface area contributed by atoms with Crippen molar-refractivity contribution in [3.05, 3.63) is 34.2 Å². The first-order valence-corrected chi connectivity index (χ1v) is 6.57. The van der Waals surface area contributed by atoms with E-state index in [1.807, 2.05) is 23.0 Å². The summed E-state index contributed by atoms with van der Waals surface area (Å²) in [6, 6.07) is 6.17. The van der Waals surface area contributed by atoms with Crippen molar-refractivity contribution in [3.63, 3.8) is 0 Å². The van der Waals surface area contributed by atoms with Crippen molar-refractivity contribution >= 4 is 5.52 Å². The summed E-state index contributed by atoms with van der Waals surface area (Å²) in [4.78, 5) is 2.25. The van der Waals surface area contributed by atoms with Crippen LogP contribution < -0.4 is 21.2 Å². The average molecular weight is 259 g/mol. The molecule has 0 aliphatic rings. The fraction of sp³-hybridized carbons (Fsp3) is 0.125. The summed E-state index contributed by atoms with van der Waals surface area (Å²) in [7, 11) is 0. The summed E-state index contributed by atoms with van der Waals surface area (Å²) >= 11 is 0.161. The third kappa shape index (κ3) is 1.13. The summed E-state index contributed by atoms with van der Waals surface area (Å²) in [5, 5.41) is 4.23. The zero-order chi connectivity index (χ0) is 7.68. The minimum atomic E-state index is 0.161. The van der Waals surface area contributed by atoms with E-state index >= 15 is 0 Å². The van der Waals surface area contributed by atoms with Gasteiger partial charge in [-0.15, -0.1) is 0 Å². The quantitative estimate of drug-likeness (QED) is 0.437. The van der Waals surface area contributed by atoms with Crippen molar-refractivity contribution < 1.29 is 21.2 Å². The van der Waals surface area contributed by atoms with Gasteiger partial charge in [-0.1, -0.05) is 0 Å². The first-order valence-electron chi connectivity index (χ1n) is 3.33. The number of alkyl halides is 1. The van der Waals surface area contributed by atoms with E-state index in [1.165, 1.54) is 9.09 Å². The topological polar surface area (TPSA) is 17.3 Å². The third-order valence-electron chi connectivity index (χ3n) is 1.58. The molecule has 2 heterocycles. The minimum absolute atomic E-state index is 0.161. The molecule has 3 heteroatoms. The predicted octanol–water partition coefficient (Wildman–Crippen LogP) is -1.78. The molecule has 0 radical (unpaired) electrons. The average Bonchev–Trinajstić information content (AvgIpc) is 2.47. The Balaban J connectivity index is 2.76. The molecule has 0 amide bonds. The van der Waals surface area contributed by atoms with Crippen LogP contribution in [0.15, 0.2) is 30.6 Å². The van der Waals surface area contributed by atoms with Crippen LogP contribution in [-0.4, -0.2) is 14.5 Å². The van der Waals surface area contributed by atoms with E-state index in [4.69, 9.17) is 0 Å². The number of aromatic nitrogens is 2. The normalized spacial score (nSPS) is 11.0. The van der Waals surface area contributed by atoms with Crippen LogP contribution in [0.1, 0.15) is 0 Å². The SMILES string of the molecule is C[I-]c1cnn2ccccc12. The van der Waals surface area contributed by atoms with E-state index in [2.05, 4.69) is 22.2 Å². The number of hydrogen-bond donors (Lipinski definition) is 0. The molecule has 0 saturated carbocycles. The molecule has 58 valence electrons. The second-order valence-electron chi connectivity index (χ2n) is 2.21. The molecule has 0 bridgehead atoms. The van der Waals surface area contributed by atoms with Gasteiger partial charge < -0.3 is 0 Å². The van der Waals surface area contributed by atoms with Crippen molar-refractivity contribution in [2.24, 2.45) is 0 Å². The Bertz CT molecular complexity index is 367. The van der Waals surface area contributed by atoms with Crippen molar-refractivity contribution in [3.8, 4) is 0 Å². The second-order valence-corrected chi connectivity index (χ2v) is 4.45. The molecule has 2 nitrogen and oxygen atoms in total. The van der Waals surface area contributed by atoms with Crippen LogP contribution in [0.3, 0.4) is 0 Å². The van der Waals surface area contributed by atoms with E-state index in [-0.39, 0.29) is 21.2 Å². The first kappa shape index (κ1) is 7.09. The van der Waals surface area contributed by atoms with Gasteiger partial charge in [-0.3, -0.25) is 0 Å². The van der Waals surface area contributed by atoms with E-state index in [9.17, 15) is 0 Å². The predicted molar refractivity (Wildman–Crippen MR) is 39.8 cm³/mol. The first-order chi connectivity index (χ1) is 5.42. The fourth-order valence-electron chi connectivity index (χ4n) is 1.05. The Morgan fingerprint density at radius 1 is 1.45 bits per heavy atom. The monoisotopic (exact) mass is 259 g/mol. The van der Waals surface area contributed by atoms with E-state index in [1.54, 1.807) is 0 Å². The van der Waals surface area contributed by atoms with Gasteiger partial charge in [0.2, 0.25) is 0 Å². The Morgan fingerprint density at radius 3 is 3.18 bits per heavy atom. The molecule has 0 unspecified atom stereocenters. The molecule has 0 spiro atoms. The molecule has 0 aromatic carbocycles. The van der Waals surface area contributed by atoms with Crippen LogP contribution in [0.4, 0.5) is 0 Å². The van der Waals surface area contributed by atoms with E-state index in [0.29, 0.717) is 0 Å². The number of hydrogen-bond acceptors (Lipinski definition) is 1. The van der Waals surface area contributed by atoms with Crippen LogP contribution in [-0.2, 0) is 0 Å². The number of nitrogens with zero attached hydrogens (tertiary/aromatic N) is 2. The number of fused-ring (bicyclic) bond motifs is 1. The molecule has 2 aromatic heterocycles. The summed E-state index contributed by atoms with van der Waals surface area (Å²) in [6.45, 7) is 0. The Kier molecular flexibility index (Phi) is 1.81. The zero-order valence-corrected chi connectivity index (χ0v) is 8.32. The molecule has 11 heavy (non-hydrogen) atoms. The van der Waals surface area contributed by atoms with Gasteiger partial charge in [0.05, 0.1) is 0 Å². The number of pyridine rings is 1. The van der Waals surface area contributed by atoms with Crippen LogP contribution in [0.25, 0.3) is 5.52 Å². The van der Waals surface area contributed by atoms with Gasteiger partial charge >= 0.3 is 75.4 Å². The van der Waals surface area contributed by atoms with Gasteiger partial charge in [-0.2, -0.15) is 0 Å². The van der Waals surface area contributed by atoms with E-state index in [0.717, 1.165) is 0 Å². The Labute approximate surface area is 75.5 Å². The van der Waals surface area contributed by atoms with Crippen molar-refractivity contribution in [2.75, 3.05) is 4.93 Å². The van der Waals surface area contributed by atoms with Gasteiger partial charge in [-0.25, -0.2) is 0 Å². The molecule has 2 rings (SSSR count). The molecule has 0 saturated heterocycles. The molecule has 0 fully saturated rings. The van der Waals surface area contributed by atoms with Crippen LogP contribution in [0, 0.1) is 3.57 Å². The fourth-order valence-corrected chi connectivity index (χ4v) is 2.43. The summed E-state index contributed by atoms with van der Waals surface area (Å²) in [5.74, 6) is 0. The summed E-state index contributed by atoms with van der Waals surface area (Å²) in [6.07, 6.45) is 3.96. The van der Waals surface area contributed by atoms with Gasteiger partial charge in [0.25, 0.3) is 0 Å². The molecule has 0 aliphatic carbocycles. The van der Waals surface area contributed by atoms with Crippen LogP contribution >= 0.6 is 0 Å². The van der Waals surface area contributed by atoms with Crippen molar-refractivity contribution in [1.29, 1.82) is 0 Å². The summed E-state index contributed by atoms with van der Waals surface area (Å²) in [5.41, 5.74) is 1.27. The number of rotatable bonds is 1. The van der Waals surface area contributed by atoms with Gasteiger partial charge in [-0.05, 0) is 0 Å². The van der Waals surface area contributed by atoms with Gasteiger partial charge in [0, 0.05) is 0 Å². The van der Waals surface area contributed by atoms with Gasteiger partial charge in [0.1, 0.15) is 0 Å². The maximum absolute atomic E-state index is 4.23. The Hall–Kier alpha value is -0.580. The number of halogens is 1. The van der Waals surface area contributed by atoms with Crippen LogP contribution in [0.2, 0.25) is 0 Å². The third-order valence-corrected chi connectivity index (χ3v) is 3.58. The Morgan fingerprint density at radius 2 is 2.36 bits per heavy atom. The maximum atomic E-state index is 4.23. The van der Waals surface area contributed by atoms with Crippen molar-refractivity contribution in [1.82, 2.24) is 9.61 Å². The zero-order valence-electron chi connectivity index (χ0n) is 6.16. The van der Waals surface area contributed by atoms with E-state index < -0.39 is 0 Å². The standard InChI is InChI=1S/C8H8IN2/c1-9-7-6-10-11-5-3-2-4-8(7)11/h2-6H,1H3/q-1.